The molecule has 0 aliphatic carbocycles. The Morgan fingerprint density at radius 2 is 1.78 bits per heavy atom. The van der Waals surface area contributed by atoms with E-state index in [1.807, 2.05) is 53.2 Å². The van der Waals surface area contributed by atoms with Crippen LogP contribution in [-0.4, -0.2) is 32.5 Å². The molecule has 3 aromatic rings. The zero-order valence-electron chi connectivity index (χ0n) is 14.3. The molecule has 1 heterocycles. The van der Waals surface area contributed by atoms with Crippen LogP contribution in [0.25, 0.3) is 17.1 Å². The first kappa shape index (κ1) is 18.9. The summed E-state index contributed by atoms with van der Waals surface area (Å²) in [6.07, 6.45) is 0. The van der Waals surface area contributed by atoms with Gasteiger partial charge in [-0.05, 0) is 43.3 Å². The van der Waals surface area contributed by atoms with Crippen LogP contribution in [0, 0.1) is 6.92 Å². The summed E-state index contributed by atoms with van der Waals surface area (Å²) in [6.45, 7) is 2.00. The summed E-state index contributed by atoms with van der Waals surface area (Å²) in [4.78, 5) is 22.5. The molecule has 0 atom stereocenters. The topological polar surface area (TPSA) is 103 Å². The van der Waals surface area contributed by atoms with Crippen LogP contribution in [0.1, 0.15) is 5.56 Å². The molecule has 7 nitrogen and oxygen atoms in total. The molecule has 27 heavy (non-hydrogen) atoms. The standard InChI is InChI=1S/C18H16ClN5O2S/c1-11-2-8-14(9-3-11)24-16(12-4-6-13(19)7-5-12)22-23-18(24)27-10-15(25)21-17(20)26/h2-9H,10H2,1H3,(H3,20,21,25,26). The molecule has 3 N–H and O–H groups in total. The normalized spacial score (nSPS) is 10.6. The van der Waals surface area contributed by atoms with Crippen LogP contribution < -0.4 is 11.1 Å². The van der Waals surface area contributed by atoms with E-state index in [4.69, 9.17) is 17.3 Å². The van der Waals surface area contributed by atoms with E-state index in [0.29, 0.717) is 16.0 Å². The number of aryl methyl sites for hydroxylation is 1. The predicted octanol–water partition coefficient (Wildman–Crippen LogP) is 3.18. The summed E-state index contributed by atoms with van der Waals surface area (Å²) in [5, 5.41) is 11.7. The minimum atomic E-state index is -0.887. The SMILES string of the molecule is Cc1ccc(-n2c(SCC(=O)NC(N)=O)nnc2-c2ccc(Cl)cc2)cc1. The fraction of sp³-hybridized carbons (Fsp3) is 0.111. The van der Waals surface area contributed by atoms with E-state index in [1.165, 1.54) is 0 Å². The second kappa shape index (κ2) is 8.24. The van der Waals surface area contributed by atoms with Crippen LogP contribution in [0.5, 0.6) is 0 Å². The number of hydrogen-bond acceptors (Lipinski definition) is 5. The molecule has 0 saturated carbocycles. The van der Waals surface area contributed by atoms with Crippen molar-refractivity contribution in [2.75, 3.05) is 5.75 Å². The highest BCUT2D eigenvalue weighted by atomic mass is 35.5. The van der Waals surface area contributed by atoms with E-state index >= 15 is 0 Å². The maximum Gasteiger partial charge on any atom is 0.318 e. The quantitative estimate of drug-likeness (QED) is 0.639. The number of carbonyl (C=O) groups is 2. The molecule has 9 heteroatoms. The minimum Gasteiger partial charge on any atom is -0.351 e. The van der Waals surface area contributed by atoms with Crippen molar-refractivity contribution < 1.29 is 9.59 Å². The Kier molecular flexibility index (Phi) is 5.78. The van der Waals surface area contributed by atoms with Gasteiger partial charge >= 0.3 is 6.03 Å². The number of nitrogens with zero attached hydrogens (tertiary/aromatic N) is 3. The Morgan fingerprint density at radius 1 is 1.11 bits per heavy atom. The van der Waals surface area contributed by atoms with Crippen molar-refractivity contribution in [3.8, 4) is 17.1 Å². The molecule has 1 aromatic heterocycles. The van der Waals surface area contributed by atoms with Gasteiger partial charge in [-0.15, -0.1) is 10.2 Å². The van der Waals surface area contributed by atoms with Crippen molar-refractivity contribution >= 4 is 35.3 Å². The third-order valence-corrected chi connectivity index (χ3v) is 4.80. The molecule has 0 unspecified atom stereocenters. The summed E-state index contributed by atoms with van der Waals surface area (Å²) >= 11 is 7.13. The Hall–Kier alpha value is -2.84. The molecule has 0 saturated heterocycles. The van der Waals surface area contributed by atoms with Crippen molar-refractivity contribution in [3.63, 3.8) is 0 Å². The van der Waals surface area contributed by atoms with Gasteiger partial charge in [0.05, 0.1) is 5.75 Å². The van der Waals surface area contributed by atoms with Gasteiger partial charge in [-0.3, -0.25) is 14.7 Å². The highest BCUT2D eigenvalue weighted by Crippen LogP contribution is 2.28. The molecule has 0 aliphatic rings. The molecule has 0 bridgehead atoms. The van der Waals surface area contributed by atoms with Gasteiger partial charge in [-0.2, -0.15) is 0 Å². The summed E-state index contributed by atoms with van der Waals surface area (Å²) in [6, 6.07) is 14.2. The smallest absolute Gasteiger partial charge is 0.318 e. The predicted molar refractivity (Wildman–Crippen MR) is 105 cm³/mol. The highest BCUT2D eigenvalue weighted by molar-refractivity contribution is 7.99. The molecule has 3 amide bonds. The van der Waals surface area contributed by atoms with Gasteiger partial charge in [-0.25, -0.2) is 4.79 Å². The van der Waals surface area contributed by atoms with Crippen molar-refractivity contribution in [1.29, 1.82) is 0 Å². The third-order valence-electron chi connectivity index (χ3n) is 3.62. The average Bonchev–Trinajstić information content (AvgIpc) is 3.04. The van der Waals surface area contributed by atoms with Gasteiger partial charge in [0, 0.05) is 16.3 Å². The first-order valence-corrected chi connectivity index (χ1v) is 9.31. The molecule has 2 aromatic carbocycles. The molecule has 0 spiro atoms. The number of carbonyl (C=O) groups excluding carboxylic acids is 2. The third kappa shape index (κ3) is 4.66. The number of rotatable bonds is 5. The first-order chi connectivity index (χ1) is 12.9. The van der Waals surface area contributed by atoms with Crippen molar-refractivity contribution in [2.45, 2.75) is 12.1 Å². The lowest BCUT2D eigenvalue weighted by Crippen LogP contribution is -2.36. The van der Waals surface area contributed by atoms with Crippen molar-refractivity contribution in [3.05, 3.63) is 59.1 Å². The van der Waals surface area contributed by atoms with Crippen LogP contribution in [0.15, 0.2) is 53.7 Å². The minimum absolute atomic E-state index is 0.0203. The van der Waals surface area contributed by atoms with Crippen LogP contribution >= 0.6 is 23.4 Å². The second-order valence-electron chi connectivity index (χ2n) is 5.69. The van der Waals surface area contributed by atoms with E-state index in [9.17, 15) is 9.59 Å². The van der Waals surface area contributed by atoms with E-state index in [2.05, 4.69) is 10.2 Å². The van der Waals surface area contributed by atoms with E-state index in [1.54, 1.807) is 12.1 Å². The molecule has 0 radical (unpaired) electrons. The van der Waals surface area contributed by atoms with Gasteiger partial charge in [0.25, 0.3) is 0 Å². The number of imide groups is 1. The molecule has 138 valence electrons. The Bertz CT molecular complexity index is 970. The van der Waals surface area contributed by atoms with Gasteiger partial charge in [0.2, 0.25) is 5.91 Å². The number of amides is 3. The Morgan fingerprint density at radius 3 is 2.41 bits per heavy atom. The number of thioether (sulfide) groups is 1. The lowest BCUT2D eigenvalue weighted by atomic mass is 10.2. The van der Waals surface area contributed by atoms with E-state index in [0.717, 1.165) is 28.6 Å². The number of halogens is 1. The van der Waals surface area contributed by atoms with E-state index < -0.39 is 11.9 Å². The van der Waals surface area contributed by atoms with Gasteiger partial charge in [0.15, 0.2) is 11.0 Å². The van der Waals surface area contributed by atoms with Crippen LogP contribution in [-0.2, 0) is 4.79 Å². The van der Waals surface area contributed by atoms with Crippen molar-refractivity contribution in [2.24, 2.45) is 5.73 Å². The van der Waals surface area contributed by atoms with Crippen LogP contribution in [0.3, 0.4) is 0 Å². The lowest BCUT2D eigenvalue weighted by Gasteiger charge is -2.11. The highest BCUT2D eigenvalue weighted by Gasteiger charge is 2.17. The molecule has 0 aliphatic heterocycles. The van der Waals surface area contributed by atoms with E-state index in [-0.39, 0.29) is 5.75 Å². The Labute approximate surface area is 164 Å². The number of nitrogens with one attached hydrogen (secondary N) is 1. The van der Waals surface area contributed by atoms with Gasteiger partial charge in [0.1, 0.15) is 0 Å². The molecular weight excluding hydrogens is 386 g/mol. The number of primary amides is 1. The van der Waals surface area contributed by atoms with Crippen molar-refractivity contribution in [1.82, 2.24) is 20.1 Å². The Balaban J connectivity index is 1.98. The second-order valence-corrected chi connectivity index (χ2v) is 7.06. The van der Waals surface area contributed by atoms with Crippen LogP contribution in [0.2, 0.25) is 5.02 Å². The summed E-state index contributed by atoms with van der Waals surface area (Å²) < 4.78 is 1.85. The zero-order chi connectivity index (χ0) is 19.4. The summed E-state index contributed by atoms with van der Waals surface area (Å²) in [5.41, 5.74) is 7.78. The lowest BCUT2D eigenvalue weighted by molar-refractivity contribution is -0.117. The first-order valence-electron chi connectivity index (χ1n) is 7.94. The maximum absolute atomic E-state index is 11.7. The summed E-state index contributed by atoms with van der Waals surface area (Å²) in [7, 11) is 0. The number of hydrogen-bond donors (Lipinski definition) is 2. The summed E-state index contributed by atoms with van der Waals surface area (Å²) in [5.74, 6) is 0.0976. The molecule has 3 rings (SSSR count). The average molecular weight is 402 g/mol. The van der Waals surface area contributed by atoms with Gasteiger partial charge in [-0.1, -0.05) is 41.1 Å². The maximum atomic E-state index is 11.7. The largest absolute Gasteiger partial charge is 0.351 e. The molecule has 0 fully saturated rings. The number of aromatic nitrogens is 3. The fourth-order valence-corrected chi connectivity index (χ4v) is 3.26. The number of urea groups is 1. The number of benzene rings is 2. The monoisotopic (exact) mass is 401 g/mol. The number of nitrogens with two attached hydrogens (primary N) is 1. The van der Waals surface area contributed by atoms with Crippen LogP contribution in [0.4, 0.5) is 4.79 Å². The van der Waals surface area contributed by atoms with Gasteiger partial charge < -0.3 is 5.73 Å². The fourth-order valence-electron chi connectivity index (χ4n) is 2.38. The molecular formula is C18H16ClN5O2S. The zero-order valence-corrected chi connectivity index (χ0v) is 15.9.